The van der Waals surface area contributed by atoms with Crippen molar-refractivity contribution in [2.75, 3.05) is 18.0 Å². The summed E-state index contributed by atoms with van der Waals surface area (Å²) in [5, 5.41) is 6.48. The Labute approximate surface area is 212 Å². The van der Waals surface area contributed by atoms with Crippen molar-refractivity contribution in [3.63, 3.8) is 0 Å². The number of hydrogen-bond donors (Lipinski definition) is 3. The Kier molecular flexibility index (Phi) is 6.15. The topological polar surface area (TPSA) is 107 Å². The molecule has 2 aromatic carbocycles. The summed E-state index contributed by atoms with van der Waals surface area (Å²) in [5.41, 5.74) is 0.473. The lowest BCUT2D eigenvalue weighted by molar-refractivity contribution is -0.119. The van der Waals surface area contributed by atoms with Gasteiger partial charge in [-0.05, 0) is 56.2 Å². The van der Waals surface area contributed by atoms with E-state index in [1.165, 1.54) is 13.0 Å². The molecule has 0 saturated carbocycles. The van der Waals surface area contributed by atoms with Gasteiger partial charge in [0, 0.05) is 48.5 Å². The van der Waals surface area contributed by atoms with Gasteiger partial charge in [-0.15, -0.1) is 0 Å². The average Bonchev–Trinajstić information content (AvgIpc) is 3.32. The van der Waals surface area contributed by atoms with Gasteiger partial charge in [0.2, 0.25) is 5.91 Å². The predicted molar refractivity (Wildman–Crippen MR) is 141 cm³/mol. The quantitative estimate of drug-likeness (QED) is 0.362. The Morgan fingerprint density at radius 2 is 1.89 bits per heavy atom. The van der Waals surface area contributed by atoms with E-state index in [1.807, 2.05) is 26.0 Å². The SMILES string of the molecule is CC(=O)N[C@@H]1CCN(c2ccc(C(C)(C)NC(=O)c3cc4[nH]c5ccccc5c(=O)c4cc3F)cn2)C1. The molecule has 1 aliphatic heterocycles. The van der Waals surface area contributed by atoms with Crippen LogP contribution in [0.1, 0.15) is 43.1 Å². The highest BCUT2D eigenvalue weighted by Gasteiger charge is 2.28. The van der Waals surface area contributed by atoms with Crippen molar-refractivity contribution < 1.29 is 14.0 Å². The Bertz CT molecular complexity index is 1580. The minimum atomic E-state index is -0.843. The van der Waals surface area contributed by atoms with Gasteiger partial charge >= 0.3 is 0 Å². The van der Waals surface area contributed by atoms with Crippen LogP contribution in [0.2, 0.25) is 0 Å². The molecule has 2 amide bonds. The molecule has 3 N–H and O–H groups in total. The number of aromatic nitrogens is 2. The third-order valence-corrected chi connectivity index (χ3v) is 6.85. The highest BCUT2D eigenvalue weighted by Crippen LogP contribution is 2.25. The van der Waals surface area contributed by atoms with Crippen LogP contribution in [-0.4, -0.2) is 40.9 Å². The molecule has 9 heteroatoms. The molecule has 37 heavy (non-hydrogen) atoms. The van der Waals surface area contributed by atoms with E-state index in [2.05, 4.69) is 25.5 Å². The molecule has 8 nitrogen and oxygen atoms in total. The molecule has 1 saturated heterocycles. The maximum absolute atomic E-state index is 15.0. The van der Waals surface area contributed by atoms with Crippen molar-refractivity contribution in [1.29, 1.82) is 0 Å². The lowest BCUT2D eigenvalue weighted by atomic mass is 9.95. The first kappa shape index (κ1) is 24.4. The number of hydrogen-bond acceptors (Lipinski definition) is 5. The number of amides is 2. The molecule has 0 radical (unpaired) electrons. The van der Waals surface area contributed by atoms with Gasteiger partial charge in [0.05, 0.1) is 16.6 Å². The van der Waals surface area contributed by atoms with E-state index in [1.54, 1.807) is 30.5 Å². The third kappa shape index (κ3) is 4.76. The third-order valence-electron chi connectivity index (χ3n) is 6.85. The van der Waals surface area contributed by atoms with Crippen molar-refractivity contribution in [3.05, 3.63) is 81.9 Å². The van der Waals surface area contributed by atoms with Crippen LogP contribution in [0, 0.1) is 5.82 Å². The summed E-state index contributed by atoms with van der Waals surface area (Å²) >= 11 is 0. The zero-order valence-corrected chi connectivity index (χ0v) is 20.9. The largest absolute Gasteiger partial charge is 0.354 e. The van der Waals surface area contributed by atoms with Crippen molar-refractivity contribution in [2.24, 2.45) is 0 Å². The lowest BCUT2D eigenvalue weighted by Gasteiger charge is -2.27. The molecule has 1 fully saturated rings. The summed E-state index contributed by atoms with van der Waals surface area (Å²) in [6.07, 6.45) is 2.55. The van der Waals surface area contributed by atoms with Crippen molar-refractivity contribution in [2.45, 2.75) is 38.8 Å². The molecule has 0 bridgehead atoms. The summed E-state index contributed by atoms with van der Waals surface area (Å²) in [5.74, 6) is -0.622. The molecule has 4 aromatic rings. The molecule has 0 aliphatic carbocycles. The first-order valence-corrected chi connectivity index (χ1v) is 12.2. The van der Waals surface area contributed by atoms with Crippen molar-refractivity contribution in [3.8, 4) is 0 Å². The molecule has 0 spiro atoms. The summed E-state index contributed by atoms with van der Waals surface area (Å²) in [6.45, 7) is 6.62. The van der Waals surface area contributed by atoms with Gasteiger partial charge in [-0.2, -0.15) is 0 Å². The summed E-state index contributed by atoms with van der Waals surface area (Å²) in [6, 6.07) is 13.3. The number of carbonyl (C=O) groups excluding carboxylic acids is 2. The fourth-order valence-corrected chi connectivity index (χ4v) is 4.86. The normalized spacial score (nSPS) is 15.8. The van der Waals surface area contributed by atoms with Crippen LogP contribution in [-0.2, 0) is 10.3 Å². The molecule has 2 aromatic heterocycles. The molecule has 0 unspecified atom stereocenters. The van der Waals surface area contributed by atoms with Gasteiger partial charge in [0.1, 0.15) is 11.6 Å². The van der Waals surface area contributed by atoms with Crippen LogP contribution in [0.5, 0.6) is 0 Å². The molecule has 1 aliphatic rings. The average molecular weight is 502 g/mol. The first-order valence-electron chi connectivity index (χ1n) is 12.2. The Balaban J connectivity index is 1.36. The van der Waals surface area contributed by atoms with Gasteiger partial charge in [-0.25, -0.2) is 9.37 Å². The summed E-state index contributed by atoms with van der Waals surface area (Å²) < 4.78 is 15.0. The number of para-hydroxylation sites is 1. The number of H-pyrrole nitrogens is 1. The van der Waals surface area contributed by atoms with Crippen LogP contribution in [0.4, 0.5) is 10.2 Å². The second-order valence-electron chi connectivity index (χ2n) is 9.99. The molecule has 190 valence electrons. The lowest BCUT2D eigenvalue weighted by Crippen LogP contribution is -2.41. The number of nitrogens with one attached hydrogen (secondary N) is 3. The van der Waals surface area contributed by atoms with Crippen molar-refractivity contribution >= 4 is 39.4 Å². The Morgan fingerprint density at radius 1 is 1.11 bits per heavy atom. The highest BCUT2D eigenvalue weighted by molar-refractivity contribution is 6.00. The van der Waals surface area contributed by atoms with E-state index in [-0.39, 0.29) is 28.3 Å². The second kappa shape index (κ2) is 9.31. The highest BCUT2D eigenvalue weighted by atomic mass is 19.1. The monoisotopic (exact) mass is 501 g/mol. The molecule has 1 atom stereocenters. The van der Waals surface area contributed by atoms with Crippen LogP contribution >= 0.6 is 0 Å². The number of nitrogens with zero attached hydrogens (tertiary/aromatic N) is 2. The fourth-order valence-electron chi connectivity index (χ4n) is 4.86. The molecular weight excluding hydrogens is 473 g/mol. The van der Waals surface area contributed by atoms with Gasteiger partial charge in [-0.1, -0.05) is 18.2 Å². The summed E-state index contributed by atoms with van der Waals surface area (Å²) in [4.78, 5) is 47.1. The molecule has 3 heterocycles. The Hall–Kier alpha value is -4.27. The minimum absolute atomic E-state index is 0.0461. The number of rotatable bonds is 5. The predicted octanol–water partition coefficient (Wildman–Crippen LogP) is 3.60. The zero-order valence-electron chi connectivity index (χ0n) is 20.9. The van der Waals surface area contributed by atoms with Crippen LogP contribution < -0.4 is 21.0 Å². The van der Waals surface area contributed by atoms with E-state index in [0.29, 0.717) is 23.0 Å². The minimum Gasteiger partial charge on any atom is -0.354 e. The zero-order chi connectivity index (χ0) is 26.3. The maximum Gasteiger partial charge on any atom is 0.255 e. The van der Waals surface area contributed by atoms with E-state index in [0.717, 1.165) is 30.4 Å². The number of fused-ring (bicyclic) bond motifs is 2. The van der Waals surface area contributed by atoms with E-state index < -0.39 is 17.3 Å². The number of aromatic amines is 1. The maximum atomic E-state index is 15.0. The van der Waals surface area contributed by atoms with Gasteiger partial charge in [-0.3, -0.25) is 14.4 Å². The molecular formula is C28H28FN5O3. The van der Waals surface area contributed by atoms with E-state index in [9.17, 15) is 14.4 Å². The van der Waals surface area contributed by atoms with Gasteiger partial charge in [0.15, 0.2) is 5.43 Å². The van der Waals surface area contributed by atoms with E-state index >= 15 is 4.39 Å². The summed E-state index contributed by atoms with van der Waals surface area (Å²) in [7, 11) is 0. The standard InChI is InChI=1S/C28H28FN5O3/c1-16(35)31-18-10-11-34(15-18)25-9-8-17(14-30-25)28(2,3)33-27(37)20-13-24-21(12-22(20)29)26(36)19-6-4-5-7-23(19)32-24/h4-9,12-14,18H,10-11,15H2,1-3H3,(H,31,35)(H,32,36)(H,33,37)/t18-/m1/s1. The number of halogens is 1. The smallest absolute Gasteiger partial charge is 0.255 e. The fraction of sp³-hybridized carbons (Fsp3) is 0.286. The number of benzene rings is 2. The van der Waals surface area contributed by atoms with Crippen LogP contribution in [0.15, 0.2) is 59.5 Å². The number of pyridine rings is 2. The van der Waals surface area contributed by atoms with Crippen LogP contribution in [0.3, 0.4) is 0 Å². The Morgan fingerprint density at radius 3 is 2.62 bits per heavy atom. The second-order valence-corrected chi connectivity index (χ2v) is 9.99. The van der Waals surface area contributed by atoms with Crippen molar-refractivity contribution in [1.82, 2.24) is 20.6 Å². The number of carbonyl (C=O) groups is 2. The van der Waals surface area contributed by atoms with Gasteiger partial charge in [0.25, 0.3) is 5.91 Å². The first-order chi connectivity index (χ1) is 17.6. The van der Waals surface area contributed by atoms with Crippen LogP contribution in [0.25, 0.3) is 21.8 Å². The molecule has 5 rings (SSSR count). The number of anilines is 1. The van der Waals surface area contributed by atoms with E-state index in [4.69, 9.17) is 0 Å². The van der Waals surface area contributed by atoms with Gasteiger partial charge < -0.3 is 20.5 Å².